The van der Waals surface area contributed by atoms with Crippen molar-refractivity contribution in [1.29, 1.82) is 0 Å². The molecule has 0 saturated heterocycles. The zero-order valence-electron chi connectivity index (χ0n) is 18.4. The molecular weight excluding hydrogens is 398 g/mol. The van der Waals surface area contributed by atoms with Gasteiger partial charge in [0.1, 0.15) is 22.2 Å². The number of rotatable bonds is 5. The normalized spacial score (nSPS) is 12.6. The SMILES string of the molecule is COc1cc(C(C)=O)c(C)cc1-n1nnc(S(=O)c2ccc(C(C)(C)C)cc2)c1C. The summed E-state index contributed by atoms with van der Waals surface area (Å²) in [5.74, 6) is 0.471. The van der Waals surface area contributed by atoms with E-state index in [4.69, 9.17) is 4.74 Å². The van der Waals surface area contributed by atoms with Crippen LogP contribution in [0.1, 0.15) is 54.9 Å². The topological polar surface area (TPSA) is 74.1 Å². The molecule has 0 aliphatic carbocycles. The summed E-state index contributed by atoms with van der Waals surface area (Å²) in [5.41, 5.74) is 3.91. The largest absolute Gasteiger partial charge is 0.494 e. The van der Waals surface area contributed by atoms with Crippen molar-refractivity contribution in [3.05, 3.63) is 58.8 Å². The molecule has 0 aliphatic rings. The van der Waals surface area contributed by atoms with Crippen molar-refractivity contribution in [3.8, 4) is 11.4 Å². The van der Waals surface area contributed by atoms with Crippen LogP contribution in [-0.2, 0) is 16.2 Å². The number of nitrogens with zero attached hydrogens (tertiary/aromatic N) is 3. The third kappa shape index (κ3) is 4.07. The first-order valence-electron chi connectivity index (χ1n) is 9.69. The molecule has 6 nitrogen and oxygen atoms in total. The Balaban J connectivity index is 2.02. The van der Waals surface area contributed by atoms with Crippen LogP contribution in [-0.4, -0.2) is 32.1 Å². The van der Waals surface area contributed by atoms with E-state index in [0.29, 0.717) is 32.6 Å². The predicted octanol–water partition coefficient (Wildman–Crippen LogP) is 4.56. The highest BCUT2D eigenvalue weighted by atomic mass is 32.2. The van der Waals surface area contributed by atoms with Crippen LogP contribution in [0.25, 0.3) is 5.69 Å². The Bertz CT molecular complexity index is 1130. The van der Waals surface area contributed by atoms with Crippen LogP contribution < -0.4 is 4.74 Å². The molecule has 1 unspecified atom stereocenters. The monoisotopic (exact) mass is 425 g/mol. The highest BCUT2D eigenvalue weighted by molar-refractivity contribution is 7.85. The fourth-order valence-electron chi connectivity index (χ4n) is 3.29. The molecule has 0 fully saturated rings. The molecule has 1 atom stereocenters. The van der Waals surface area contributed by atoms with Crippen molar-refractivity contribution in [1.82, 2.24) is 15.0 Å². The molecule has 7 heteroatoms. The molecule has 0 radical (unpaired) electrons. The van der Waals surface area contributed by atoms with Gasteiger partial charge in [-0.2, -0.15) is 0 Å². The summed E-state index contributed by atoms with van der Waals surface area (Å²) in [7, 11) is 0.0805. The Hall–Kier alpha value is -2.80. The Kier molecular flexibility index (Phi) is 5.94. The average molecular weight is 426 g/mol. The summed E-state index contributed by atoms with van der Waals surface area (Å²) in [6, 6.07) is 11.3. The van der Waals surface area contributed by atoms with Gasteiger partial charge in [0.2, 0.25) is 0 Å². The summed E-state index contributed by atoms with van der Waals surface area (Å²) < 4.78 is 20.2. The minimum absolute atomic E-state index is 0.0273. The smallest absolute Gasteiger partial charge is 0.177 e. The minimum Gasteiger partial charge on any atom is -0.494 e. The molecule has 0 spiro atoms. The molecule has 0 N–H and O–H groups in total. The van der Waals surface area contributed by atoms with E-state index in [2.05, 4.69) is 31.1 Å². The summed E-state index contributed by atoms with van der Waals surface area (Å²) in [6.07, 6.45) is 0. The van der Waals surface area contributed by atoms with Gasteiger partial charge in [-0.1, -0.05) is 38.1 Å². The minimum atomic E-state index is -1.46. The molecule has 0 bridgehead atoms. The highest BCUT2D eigenvalue weighted by Crippen LogP contribution is 2.30. The zero-order chi connectivity index (χ0) is 22.2. The molecule has 30 heavy (non-hydrogen) atoms. The third-order valence-electron chi connectivity index (χ3n) is 5.10. The van der Waals surface area contributed by atoms with E-state index in [1.807, 2.05) is 44.2 Å². The van der Waals surface area contributed by atoms with Gasteiger partial charge in [0.05, 0.1) is 12.8 Å². The van der Waals surface area contributed by atoms with Gasteiger partial charge in [-0.25, -0.2) is 8.89 Å². The quantitative estimate of drug-likeness (QED) is 0.560. The number of hydrogen-bond donors (Lipinski definition) is 0. The van der Waals surface area contributed by atoms with Crippen LogP contribution in [0.4, 0.5) is 0 Å². The molecule has 3 rings (SSSR count). The fraction of sp³-hybridized carbons (Fsp3) is 0.348. The molecule has 0 saturated carbocycles. The van der Waals surface area contributed by atoms with Crippen molar-refractivity contribution in [2.45, 2.75) is 56.9 Å². The standard InChI is InChI=1S/C23H27N3O3S/c1-14-12-20(21(29-7)13-19(14)16(3)27)26-15(2)22(24-25-26)30(28)18-10-8-17(9-11-18)23(4,5)6/h8-13H,1-7H3. The van der Waals surface area contributed by atoms with Crippen molar-refractivity contribution in [3.63, 3.8) is 0 Å². The lowest BCUT2D eigenvalue weighted by molar-refractivity contribution is 0.101. The number of carbonyl (C=O) groups excluding carboxylic acids is 1. The Morgan fingerprint density at radius 3 is 2.27 bits per heavy atom. The van der Waals surface area contributed by atoms with Crippen molar-refractivity contribution >= 4 is 16.6 Å². The molecular formula is C23H27N3O3S. The molecule has 0 aliphatic heterocycles. The summed E-state index contributed by atoms with van der Waals surface area (Å²) in [5, 5.41) is 8.81. The molecule has 1 heterocycles. The van der Waals surface area contributed by atoms with Crippen LogP contribution in [0.15, 0.2) is 46.3 Å². The Morgan fingerprint density at radius 2 is 1.73 bits per heavy atom. The number of ketones is 1. The Labute approximate surface area is 179 Å². The number of benzene rings is 2. The van der Waals surface area contributed by atoms with Crippen molar-refractivity contribution in [2.75, 3.05) is 7.11 Å². The average Bonchev–Trinajstić information content (AvgIpc) is 3.07. The second-order valence-corrected chi connectivity index (χ2v) is 9.73. The zero-order valence-corrected chi connectivity index (χ0v) is 19.3. The Morgan fingerprint density at radius 1 is 1.10 bits per heavy atom. The van der Waals surface area contributed by atoms with Crippen molar-refractivity contribution in [2.24, 2.45) is 0 Å². The summed E-state index contributed by atoms with van der Waals surface area (Å²) >= 11 is 0. The number of Topliss-reactive ketones (excluding diaryl/α,β-unsaturated/α-hetero) is 1. The maximum Gasteiger partial charge on any atom is 0.177 e. The van der Waals surface area contributed by atoms with E-state index in [1.165, 1.54) is 12.5 Å². The first-order chi connectivity index (χ1) is 14.0. The van der Waals surface area contributed by atoms with Gasteiger partial charge in [0, 0.05) is 10.5 Å². The van der Waals surface area contributed by atoms with Crippen LogP contribution in [0.3, 0.4) is 0 Å². The van der Waals surface area contributed by atoms with Crippen molar-refractivity contribution < 1.29 is 13.7 Å². The third-order valence-corrected chi connectivity index (χ3v) is 6.52. The van der Waals surface area contributed by atoms with E-state index >= 15 is 0 Å². The van der Waals surface area contributed by atoms with Crippen LogP contribution in [0.5, 0.6) is 5.75 Å². The first-order valence-corrected chi connectivity index (χ1v) is 10.8. The van der Waals surface area contributed by atoms with Crippen LogP contribution in [0.2, 0.25) is 0 Å². The maximum atomic E-state index is 13.2. The first kappa shape index (κ1) is 21.9. The van der Waals surface area contributed by atoms with Crippen LogP contribution >= 0.6 is 0 Å². The van der Waals surface area contributed by atoms with Gasteiger partial charge in [0.25, 0.3) is 0 Å². The number of carbonyl (C=O) groups is 1. The number of methoxy groups -OCH3 is 1. The van der Waals surface area contributed by atoms with E-state index < -0.39 is 10.8 Å². The van der Waals surface area contributed by atoms with Gasteiger partial charge in [0.15, 0.2) is 10.8 Å². The lowest BCUT2D eigenvalue weighted by Crippen LogP contribution is -2.10. The maximum absolute atomic E-state index is 13.2. The molecule has 0 amide bonds. The number of ether oxygens (including phenoxy) is 1. The number of aromatic nitrogens is 3. The molecule has 1 aromatic heterocycles. The second-order valence-electron chi connectivity index (χ2n) is 8.33. The van der Waals surface area contributed by atoms with Gasteiger partial charge < -0.3 is 4.74 Å². The van der Waals surface area contributed by atoms with Gasteiger partial charge in [-0.3, -0.25) is 4.79 Å². The van der Waals surface area contributed by atoms with Gasteiger partial charge >= 0.3 is 0 Å². The number of hydrogen-bond acceptors (Lipinski definition) is 5. The van der Waals surface area contributed by atoms with Gasteiger partial charge in [-0.15, -0.1) is 5.10 Å². The van der Waals surface area contributed by atoms with E-state index in [1.54, 1.807) is 17.9 Å². The predicted molar refractivity (Wildman–Crippen MR) is 117 cm³/mol. The number of aryl methyl sites for hydroxylation is 1. The fourth-order valence-corrected chi connectivity index (χ4v) is 4.36. The van der Waals surface area contributed by atoms with E-state index in [0.717, 1.165) is 5.56 Å². The van der Waals surface area contributed by atoms with Crippen LogP contribution in [0, 0.1) is 13.8 Å². The summed E-state index contributed by atoms with van der Waals surface area (Å²) in [6.45, 7) is 11.6. The van der Waals surface area contributed by atoms with Gasteiger partial charge in [-0.05, 0) is 61.6 Å². The highest BCUT2D eigenvalue weighted by Gasteiger charge is 2.22. The second kappa shape index (κ2) is 8.14. The lowest BCUT2D eigenvalue weighted by Gasteiger charge is -2.18. The summed E-state index contributed by atoms with van der Waals surface area (Å²) in [4.78, 5) is 12.5. The lowest BCUT2D eigenvalue weighted by atomic mass is 9.87. The van der Waals surface area contributed by atoms with E-state index in [-0.39, 0.29) is 11.2 Å². The molecule has 158 valence electrons. The van der Waals surface area contributed by atoms with E-state index in [9.17, 15) is 9.00 Å². The molecule has 3 aromatic rings. The molecule has 2 aromatic carbocycles.